The summed E-state index contributed by atoms with van der Waals surface area (Å²) in [6.45, 7) is 4.43. The average molecular weight is 394 g/mol. The first kappa shape index (κ1) is 19.3. The molecule has 4 rings (SSSR count). The predicted octanol–water partition coefficient (Wildman–Crippen LogP) is 0.916. The van der Waals surface area contributed by atoms with Crippen molar-refractivity contribution in [3.8, 4) is 0 Å². The van der Waals surface area contributed by atoms with E-state index >= 15 is 0 Å². The van der Waals surface area contributed by atoms with Crippen molar-refractivity contribution in [3.63, 3.8) is 0 Å². The first-order valence-corrected chi connectivity index (χ1v) is 10.1. The summed E-state index contributed by atoms with van der Waals surface area (Å²) in [4.78, 5) is 37.4. The van der Waals surface area contributed by atoms with Gasteiger partial charge in [0.2, 0.25) is 17.8 Å². The second kappa shape index (κ2) is 9.00. The van der Waals surface area contributed by atoms with Gasteiger partial charge in [0.25, 0.3) is 0 Å². The van der Waals surface area contributed by atoms with Crippen LogP contribution in [0.5, 0.6) is 0 Å². The highest BCUT2D eigenvalue weighted by Crippen LogP contribution is 2.16. The largest absolute Gasteiger partial charge is 0.339 e. The monoisotopic (exact) mass is 394 g/mol. The second-order valence-corrected chi connectivity index (χ2v) is 7.47. The smallest absolute Gasteiger partial charge is 0.228 e. The fraction of sp³-hybridized carbons (Fsp3) is 0.429. The molecule has 2 fully saturated rings. The maximum Gasteiger partial charge on any atom is 0.228 e. The molecular formula is C21H26N6O2. The van der Waals surface area contributed by atoms with Crippen LogP contribution in [-0.4, -0.2) is 66.0 Å². The molecule has 29 heavy (non-hydrogen) atoms. The molecule has 8 heteroatoms. The van der Waals surface area contributed by atoms with Crippen LogP contribution in [0, 0.1) is 5.92 Å². The van der Waals surface area contributed by atoms with Gasteiger partial charge >= 0.3 is 0 Å². The normalized spacial score (nSPS) is 19.2. The lowest BCUT2D eigenvalue weighted by Crippen LogP contribution is -2.49. The fourth-order valence-electron chi connectivity index (χ4n) is 3.73. The Hall–Kier alpha value is -3.00. The highest BCUT2D eigenvalue weighted by Gasteiger charge is 2.23. The molecule has 0 bridgehead atoms. The minimum atomic E-state index is 0.0382. The van der Waals surface area contributed by atoms with E-state index < -0.39 is 0 Å². The summed E-state index contributed by atoms with van der Waals surface area (Å²) in [6.07, 6.45) is 4.71. The van der Waals surface area contributed by atoms with Crippen LogP contribution in [0.3, 0.4) is 0 Å². The van der Waals surface area contributed by atoms with Gasteiger partial charge in [-0.3, -0.25) is 9.59 Å². The molecule has 0 aliphatic carbocycles. The molecule has 2 aromatic rings. The number of hydrogen-bond donors (Lipinski definition) is 2. The second-order valence-electron chi connectivity index (χ2n) is 7.47. The summed E-state index contributed by atoms with van der Waals surface area (Å²) in [5.74, 6) is 0.924. The third kappa shape index (κ3) is 4.89. The summed E-state index contributed by atoms with van der Waals surface area (Å²) in [6, 6.07) is 9.36. The number of carbonyl (C=O) groups excluding carboxylic acids is 2. The number of hydrogen-bond acceptors (Lipinski definition) is 6. The summed E-state index contributed by atoms with van der Waals surface area (Å²) < 4.78 is 0. The van der Waals surface area contributed by atoms with Gasteiger partial charge in [-0.25, -0.2) is 9.97 Å². The van der Waals surface area contributed by atoms with E-state index in [0.717, 1.165) is 43.9 Å². The Bertz CT molecular complexity index is 828. The minimum absolute atomic E-state index is 0.0382. The summed E-state index contributed by atoms with van der Waals surface area (Å²) in [5.41, 5.74) is 1.72. The molecule has 1 aromatic heterocycles. The van der Waals surface area contributed by atoms with E-state index in [-0.39, 0.29) is 17.7 Å². The first-order chi connectivity index (χ1) is 14.2. The fourth-order valence-corrected chi connectivity index (χ4v) is 3.73. The molecule has 2 aliphatic rings. The average Bonchev–Trinajstić information content (AvgIpc) is 3.31. The van der Waals surface area contributed by atoms with Crippen LogP contribution < -0.4 is 15.5 Å². The molecule has 8 nitrogen and oxygen atoms in total. The molecule has 1 unspecified atom stereocenters. The number of aromatic nitrogens is 2. The van der Waals surface area contributed by atoms with Gasteiger partial charge in [-0.2, -0.15) is 0 Å². The van der Waals surface area contributed by atoms with Crippen molar-refractivity contribution < 1.29 is 9.59 Å². The summed E-state index contributed by atoms with van der Waals surface area (Å²) in [7, 11) is 0. The molecule has 3 heterocycles. The minimum Gasteiger partial charge on any atom is -0.339 e. The Morgan fingerprint density at radius 3 is 2.45 bits per heavy atom. The third-order valence-electron chi connectivity index (χ3n) is 5.48. The molecule has 1 atom stereocenters. The maximum atomic E-state index is 12.6. The van der Waals surface area contributed by atoms with Crippen molar-refractivity contribution in [3.05, 3.63) is 48.3 Å². The Labute approximate surface area is 170 Å². The van der Waals surface area contributed by atoms with E-state index in [1.165, 1.54) is 0 Å². The van der Waals surface area contributed by atoms with Crippen molar-refractivity contribution >= 4 is 23.5 Å². The van der Waals surface area contributed by atoms with Crippen molar-refractivity contribution in [1.82, 2.24) is 20.2 Å². The lowest BCUT2D eigenvalue weighted by molar-refractivity contribution is -0.130. The van der Waals surface area contributed by atoms with Crippen LogP contribution in [0.25, 0.3) is 0 Å². The van der Waals surface area contributed by atoms with Crippen molar-refractivity contribution in [2.24, 2.45) is 5.92 Å². The summed E-state index contributed by atoms with van der Waals surface area (Å²) >= 11 is 0. The van der Waals surface area contributed by atoms with Crippen LogP contribution in [0.4, 0.5) is 11.6 Å². The number of amides is 2. The van der Waals surface area contributed by atoms with E-state index in [9.17, 15) is 9.59 Å². The number of nitrogens with zero attached hydrogens (tertiary/aromatic N) is 4. The van der Waals surface area contributed by atoms with Crippen molar-refractivity contribution in [2.45, 2.75) is 12.8 Å². The van der Waals surface area contributed by atoms with E-state index in [4.69, 9.17) is 0 Å². The van der Waals surface area contributed by atoms with Gasteiger partial charge in [-0.1, -0.05) is 12.1 Å². The number of rotatable bonds is 5. The SMILES string of the molecule is O=C(Nc1ccc(CC(=O)N2CCN(c3ncccn3)CC2)cc1)C1CCNC1. The number of nitrogens with one attached hydrogen (secondary N) is 2. The standard InChI is InChI=1S/C21H26N6O2/c28-19(26-10-12-27(13-11-26)21-23-7-1-8-24-21)14-16-2-4-18(5-3-16)25-20(29)17-6-9-22-15-17/h1-5,7-8,17,22H,6,9-15H2,(H,25,29). The molecule has 0 saturated carbocycles. The Morgan fingerprint density at radius 2 is 1.79 bits per heavy atom. The maximum absolute atomic E-state index is 12.6. The number of benzene rings is 1. The van der Waals surface area contributed by atoms with Gasteiger partial charge in [0.05, 0.1) is 12.3 Å². The van der Waals surface area contributed by atoms with Gasteiger partial charge in [0, 0.05) is 50.8 Å². The zero-order valence-electron chi connectivity index (χ0n) is 16.4. The lowest BCUT2D eigenvalue weighted by Gasteiger charge is -2.34. The van der Waals surface area contributed by atoms with Crippen molar-refractivity contribution in [1.29, 1.82) is 0 Å². The zero-order valence-corrected chi connectivity index (χ0v) is 16.4. The Balaban J connectivity index is 1.26. The van der Waals surface area contributed by atoms with E-state index in [0.29, 0.717) is 25.5 Å². The molecule has 152 valence electrons. The molecule has 2 aliphatic heterocycles. The van der Waals surface area contributed by atoms with Crippen molar-refractivity contribution in [2.75, 3.05) is 49.5 Å². The molecule has 2 N–H and O–H groups in total. The highest BCUT2D eigenvalue weighted by atomic mass is 16.2. The van der Waals surface area contributed by atoms with Gasteiger partial charge in [0.1, 0.15) is 0 Å². The molecule has 2 amide bonds. The highest BCUT2D eigenvalue weighted by molar-refractivity contribution is 5.93. The van der Waals surface area contributed by atoms with E-state index in [1.54, 1.807) is 18.5 Å². The molecule has 0 spiro atoms. The Morgan fingerprint density at radius 1 is 1.07 bits per heavy atom. The zero-order chi connectivity index (χ0) is 20.1. The van der Waals surface area contributed by atoms with Crippen LogP contribution in [-0.2, 0) is 16.0 Å². The molecule has 2 saturated heterocycles. The molecule has 0 radical (unpaired) electrons. The van der Waals surface area contributed by atoms with Crippen LogP contribution in [0.1, 0.15) is 12.0 Å². The third-order valence-corrected chi connectivity index (χ3v) is 5.48. The number of piperazine rings is 1. The first-order valence-electron chi connectivity index (χ1n) is 10.1. The predicted molar refractivity (Wildman–Crippen MR) is 111 cm³/mol. The number of anilines is 2. The van der Waals surface area contributed by atoms with Gasteiger partial charge in [-0.05, 0) is 36.7 Å². The molecular weight excluding hydrogens is 368 g/mol. The van der Waals surface area contributed by atoms with Crippen LogP contribution in [0.2, 0.25) is 0 Å². The van der Waals surface area contributed by atoms with Gasteiger partial charge < -0.3 is 20.4 Å². The van der Waals surface area contributed by atoms with Gasteiger partial charge in [0.15, 0.2) is 0 Å². The lowest BCUT2D eigenvalue weighted by atomic mass is 10.1. The summed E-state index contributed by atoms with van der Waals surface area (Å²) in [5, 5.41) is 6.16. The molecule has 1 aromatic carbocycles. The van der Waals surface area contributed by atoms with E-state index in [1.807, 2.05) is 29.2 Å². The van der Waals surface area contributed by atoms with Gasteiger partial charge in [-0.15, -0.1) is 0 Å². The Kier molecular flexibility index (Phi) is 6.00. The number of carbonyl (C=O) groups is 2. The topological polar surface area (TPSA) is 90.5 Å². The van der Waals surface area contributed by atoms with E-state index in [2.05, 4.69) is 25.5 Å². The van der Waals surface area contributed by atoms with Crippen LogP contribution >= 0.6 is 0 Å². The quantitative estimate of drug-likeness (QED) is 0.784. The van der Waals surface area contributed by atoms with Crippen LogP contribution in [0.15, 0.2) is 42.7 Å².